The van der Waals surface area contributed by atoms with E-state index in [0.29, 0.717) is 38.9 Å². The molecule has 0 spiro atoms. The minimum Gasteiger partial charge on any atom is -0.454 e. The molecule has 0 saturated carbocycles. The summed E-state index contributed by atoms with van der Waals surface area (Å²) in [5, 5.41) is 2.89. The van der Waals surface area contributed by atoms with Crippen LogP contribution in [0.4, 0.5) is 0 Å². The van der Waals surface area contributed by atoms with Crippen LogP contribution < -0.4 is 14.8 Å². The van der Waals surface area contributed by atoms with Gasteiger partial charge >= 0.3 is 0 Å². The first-order chi connectivity index (χ1) is 13.5. The van der Waals surface area contributed by atoms with Gasteiger partial charge in [0, 0.05) is 17.0 Å². The van der Waals surface area contributed by atoms with E-state index in [2.05, 4.69) is 5.32 Å². The van der Waals surface area contributed by atoms with Crippen LogP contribution >= 0.6 is 11.3 Å². The lowest BCUT2D eigenvalue weighted by Gasteiger charge is -2.15. The number of sulfone groups is 1. The van der Waals surface area contributed by atoms with Gasteiger partial charge in [0.2, 0.25) is 6.79 Å². The molecule has 8 heteroatoms. The Bertz CT molecular complexity index is 1210. The Morgan fingerprint density at radius 3 is 2.79 bits per heavy atom. The Balaban J connectivity index is 1.39. The lowest BCUT2D eigenvalue weighted by Crippen LogP contribution is -2.21. The molecule has 142 valence electrons. The third-order valence-corrected chi connectivity index (χ3v) is 7.66. The molecule has 0 atom stereocenters. The van der Waals surface area contributed by atoms with Crippen molar-refractivity contribution in [2.75, 3.05) is 6.79 Å². The van der Waals surface area contributed by atoms with Crippen LogP contribution in [0.3, 0.4) is 0 Å². The predicted octanol–water partition coefficient (Wildman–Crippen LogP) is 3.36. The minimum absolute atomic E-state index is 0.0781. The molecule has 0 aliphatic carbocycles. The summed E-state index contributed by atoms with van der Waals surface area (Å²) in [6, 6.07) is 14.1. The standard InChI is InChI=1S/C20H15NO5S2/c22-20(21-9-12-5-6-15-16(7-12)26-11-25-15)17-8-13-10-28(23,24)18-4-2-1-3-14(18)19(13)27-17/h1-8H,9-11H2,(H,21,22). The average molecular weight is 413 g/mol. The van der Waals surface area contributed by atoms with E-state index < -0.39 is 9.84 Å². The second-order valence-electron chi connectivity index (χ2n) is 6.59. The van der Waals surface area contributed by atoms with Gasteiger partial charge in [0.15, 0.2) is 21.3 Å². The van der Waals surface area contributed by atoms with Crippen molar-refractivity contribution in [1.29, 1.82) is 0 Å². The number of thiophene rings is 1. The number of hydrogen-bond acceptors (Lipinski definition) is 6. The largest absolute Gasteiger partial charge is 0.454 e. The fourth-order valence-corrected chi connectivity index (χ4v) is 6.28. The van der Waals surface area contributed by atoms with Crippen LogP contribution in [-0.2, 0) is 22.1 Å². The molecule has 0 bridgehead atoms. The number of fused-ring (bicyclic) bond motifs is 4. The van der Waals surface area contributed by atoms with Crippen molar-refractivity contribution in [3.05, 3.63) is 64.5 Å². The quantitative estimate of drug-likeness (QED) is 0.712. The molecule has 0 radical (unpaired) electrons. The van der Waals surface area contributed by atoms with Crippen molar-refractivity contribution in [3.8, 4) is 21.9 Å². The van der Waals surface area contributed by atoms with E-state index in [-0.39, 0.29) is 18.5 Å². The molecule has 0 fully saturated rings. The lowest BCUT2D eigenvalue weighted by atomic mass is 10.1. The zero-order valence-electron chi connectivity index (χ0n) is 14.6. The van der Waals surface area contributed by atoms with Crippen molar-refractivity contribution in [2.45, 2.75) is 17.2 Å². The highest BCUT2D eigenvalue weighted by atomic mass is 32.2. The fraction of sp³-hybridized carbons (Fsp3) is 0.150. The summed E-state index contributed by atoms with van der Waals surface area (Å²) in [4.78, 5) is 14.3. The first kappa shape index (κ1) is 17.3. The maximum Gasteiger partial charge on any atom is 0.261 e. The van der Waals surface area contributed by atoms with Gasteiger partial charge in [0.05, 0.1) is 15.5 Å². The molecule has 2 aliphatic rings. The first-order valence-electron chi connectivity index (χ1n) is 8.63. The van der Waals surface area contributed by atoms with Crippen LogP contribution in [0, 0.1) is 0 Å². The molecule has 1 N–H and O–H groups in total. The SMILES string of the molecule is O=C(NCc1ccc2c(c1)OCO2)c1cc2c(s1)-c1ccccc1S(=O)(=O)C2. The summed E-state index contributed by atoms with van der Waals surface area (Å²) in [6.45, 7) is 0.545. The maximum atomic E-state index is 12.6. The maximum absolute atomic E-state index is 12.6. The van der Waals surface area contributed by atoms with E-state index in [1.165, 1.54) is 11.3 Å². The minimum atomic E-state index is -3.38. The van der Waals surface area contributed by atoms with E-state index in [1.54, 1.807) is 24.3 Å². The number of nitrogens with one attached hydrogen (secondary N) is 1. The van der Waals surface area contributed by atoms with E-state index in [0.717, 1.165) is 10.4 Å². The number of rotatable bonds is 3. The number of ether oxygens (including phenoxy) is 2. The zero-order valence-corrected chi connectivity index (χ0v) is 16.2. The molecule has 5 rings (SSSR count). The van der Waals surface area contributed by atoms with E-state index >= 15 is 0 Å². The second-order valence-corrected chi connectivity index (χ2v) is 9.60. The molecule has 28 heavy (non-hydrogen) atoms. The Morgan fingerprint density at radius 2 is 1.89 bits per heavy atom. The summed E-state index contributed by atoms with van der Waals surface area (Å²) < 4.78 is 35.6. The van der Waals surface area contributed by atoms with Crippen LogP contribution in [-0.4, -0.2) is 21.1 Å². The number of amides is 1. The summed E-state index contributed by atoms with van der Waals surface area (Å²) >= 11 is 1.32. The third kappa shape index (κ3) is 2.85. The first-order valence-corrected chi connectivity index (χ1v) is 11.1. The Kier molecular flexibility index (Phi) is 3.92. The summed E-state index contributed by atoms with van der Waals surface area (Å²) in [5.41, 5.74) is 2.24. The molecular formula is C20H15NO5S2. The molecule has 1 amide bonds. The highest BCUT2D eigenvalue weighted by Crippen LogP contribution is 2.42. The molecule has 3 heterocycles. The van der Waals surface area contributed by atoms with Gasteiger partial charge in [-0.1, -0.05) is 24.3 Å². The van der Waals surface area contributed by atoms with E-state index in [9.17, 15) is 13.2 Å². The third-order valence-electron chi connectivity index (χ3n) is 4.74. The summed E-state index contributed by atoms with van der Waals surface area (Å²) in [5.74, 6) is 1.05. The van der Waals surface area contributed by atoms with Crippen LogP contribution in [0.2, 0.25) is 0 Å². The zero-order chi connectivity index (χ0) is 19.3. The predicted molar refractivity (Wildman–Crippen MR) is 104 cm³/mol. The van der Waals surface area contributed by atoms with Gasteiger partial charge in [0.25, 0.3) is 5.91 Å². The molecule has 1 aromatic heterocycles. The fourth-order valence-electron chi connectivity index (χ4n) is 3.40. The van der Waals surface area contributed by atoms with Gasteiger partial charge in [-0.25, -0.2) is 8.42 Å². The van der Waals surface area contributed by atoms with Crippen LogP contribution in [0.15, 0.2) is 53.4 Å². The van der Waals surface area contributed by atoms with Crippen molar-refractivity contribution in [3.63, 3.8) is 0 Å². The monoisotopic (exact) mass is 413 g/mol. The smallest absolute Gasteiger partial charge is 0.261 e. The van der Waals surface area contributed by atoms with Crippen LogP contribution in [0.5, 0.6) is 11.5 Å². The van der Waals surface area contributed by atoms with Crippen molar-refractivity contribution in [1.82, 2.24) is 5.32 Å². The van der Waals surface area contributed by atoms with Crippen molar-refractivity contribution in [2.24, 2.45) is 0 Å². The van der Waals surface area contributed by atoms with Gasteiger partial charge in [-0.05, 0) is 35.4 Å². The second kappa shape index (κ2) is 6.35. The van der Waals surface area contributed by atoms with E-state index in [4.69, 9.17) is 9.47 Å². The Labute approximate surface area is 165 Å². The van der Waals surface area contributed by atoms with Gasteiger partial charge in [-0.2, -0.15) is 0 Å². The van der Waals surface area contributed by atoms with Gasteiger partial charge in [-0.15, -0.1) is 11.3 Å². The summed E-state index contributed by atoms with van der Waals surface area (Å²) in [6.07, 6.45) is 0. The normalized spacial score (nSPS) is 15.6. The van der Waals surface area contributed by atoms with Crippen molar-refractivity contribution < 1.29 is 22.7 Å². The Morgan fingerprint density at radius 1 is 1.07 bits per heavy atom. The Hall–Kier alpha value is -2.84. The molecule has 2 aliphatic heterocycles. The molecule has 0 saturated heterocycles. The molecule has 3 aromatic rings. The topological polar surface area (TPSA) is 81.7 Å². The highest BCUT2D eigenvalue weighted by Gasteiger charge is 2.30. The summed E-state index contributed by atoms with van der Waals surface area (Å²) in [7, 11) is -3.38. The molecular weight excluding hydrogens is 398 g/mol. The van der Waals surface area contributed by atoms with E-state index in [1.807, 2.05) is 24.3 Å². The molecule has 0 unspecified atom stereocenters. The number of carbonyl (C=O) groups is 1. The average Bonchev–Trinajstić information content (AvgIpc) is 3.32. The van der Waals surface area contributed by atoms with Crippen molar-refractivity contribution >= 4 is 27.1 Å². The van der Waals surface area contributed by atoms with Gasteiger partial charge in [0.1, 0.15) is 0 Å². The number of hydrogen-bond donors (Lipinski definition) is 1. The molecule has 2 aromatic carbocycles. The number of carbonyl (C=O) groups excluding carboxylic acids is 1. The van der Waals surface area contributed by atoms with Gasteiger partial charge < -0.3 is 14.8 Å². The van der Waals surface area contributed by atoms with Crippen LogP contribution in [0.25, 0.3) is 10.4 Å². The van der Waals surface area contributed by atoms with Crippen LogP contribution in [0.1, 0.15) is 20.8 Å². The number of benzene rings is 2. The lowest BCUT2D eigenvalue weighted by molar-refractivity contribution is 0.0955. The highest BCUT2D eigenvalue weighted by molar-refractivity contribution is 7.91. The molecule has 6 nitrogen and oxygen atoms in total. The van der Waals surface area contributed by atoms with Gasteiger partial charge in [-0.3, -0.25) is 4.79 Å².